The Morgan fingerprint density at radius 1 is 1.40 bits per heavy atom. The molecule has 106 valence electrons. The van der Waals surface area contributed by atoms with Crippen LogP contribution < -0.4 is 4.90 Å². The molecule has 1 aromatic carbocycles. The van der Waals surface area contributed by atoms with Crippen molar-refractivity contribution in [2.75, 3.05) is 31.1 Å². The van der Waals surface area contributed by atoms with Crippen LogP contribution in [-0.4, -0.2) is 37.0 Å². The summed E-state index contributed by atoms with van der Waals surface area (Å²) in [4.78, 5) is 16.0. The Kier molecular flexibility index (Phi) is 4.51. The smallest absolute Gasteiger partial charge is 0.242 e. The van der Waals surface area contributed by atoms with Crippen molar-refractivity contribution >= 4 is 23.2 Å². The van der Waals surface area contributed by atoms with Crippen molar-refractivity contribution in [2.45, 2.75) is 13.8 Å². The van der Waals surface area contributed by atoms with Crippen molar-refractivity contribution in [3.8, 4) is 6.07 Å². The van der Waals surface area contributed by atoms with Gasteiger partial charge in [0.2, 0.25) is 5.91 Å². The summed E-state index contributed by atoms with van der Waals surface area (Å²) < 4.78 is 0. The molecule has 1 aliphatic heterocycles. The van der Waals surface area contributed by atoms with Crippen molar-refractivity contribution in [3.63, 3.8) is 0 Å². The number of nitrogens with zero attached hydrogens (tertiary/aromatic N) is 3. The Morgan fingerprint density at radius 3 is 2.75 bits per heavy atom. The van der Waals surface area contributed by atoms with E-state index >= 15 is 0 Å². The van der Waals surface area contributed by atoms with E-state index in [0.29, 0.717) is 35.3 Å². The van der Waals surface area contributed by atoms with Crippen LogP contribution in [0.4, 0.5) is 5.69 Å². The number of halogens is 1. The van der Waals surface area contributed by atoms with Crippen molar-refractivity contribution in [1.29, 1.82) is 5.26 Å². The zero-order chi connectivity index (χ0) is 14.7. The molecular weight excluding hydrogens is 274 g/mol. The van der Waals surface area contributed by atoms with Crippen molar-refractivity contribution in [1.82, 2.24) is 4.90 Å². The molecular formula is C15H18ClN3O. The van der Waals surface area contributed by atoms with Crippen molar-refractivity contribution < 1.29 is 4.79 Å². The summed E-state index contributed by atoms with van der Waals surface area (Å²) in [7, 11) is 0. The number of rotatable bonds is 3. The molecule has 0 saturated carbocycles. The van der Waals surface area contributed by atoms with E-state index in [-0.39, 0.29) is 12.5 Å². The number of anilines is 1. The van der Waals surface area contributed by atoms with E-state index < -0.39 is 0 Å². The Bertz CT molecular complexity index is 551. The highest BCUT2D eigenvalue weighted by molar-refractivity contribution is 6.33. The van der Waals surface area contributed by atoms with E-state index in [0.717, 1.165) is 6.54 Å². The molecule has 1 fully saturated rings. The highest BCUT2D eigenvalue weighted by Gasteiger charge is 2.26. The first-order valence-electron chi connectivity index (χ1n) is 6.74. The Balaban J connectivity index is 2.18. The zero-order valence-corrected chi connectivity index (χ0v) is 12.5. The fraction of sp³-hybridized carbons (Fsp3) is 0.467. The summed E-state index contributed by atoms with van der Waals surface area (Å²) in [5.74, 6) is 0.550. The number of piperazine rings is 1. The molecule has 0 aliphatic carbocycles. The summed E-state index contributed by atoms with van der Waals surface area (Å²) in [6, 6.07) is 7.37. The van der Waals surface area contributed by atoms with Gasteiger partial charge in [0.15, 0.2) is 0 Å². The average Bonchev–Trinajstić information content (AvgIpc) is 2.40. The molecule has 1 amide bonds. The predicted octanol–water partition coefficient (Wildman–Crippen LogP) is 2.52. The number of hydrogen-bond acceptors (Lipinski definition) is 3. The number of para-hydroxylation sites is 1. The molecule has 0 atom stereocenters. The van der Waals surface area contributed by atoms with E-state index in [2.05, 4.69) is 19.9 Å². The molecule has 0 radical (unpaired) electrons. The number of amides is 1. The van der Waals surface area contributed by atoms with Gasteiger partial charge in [0.25, 0.3) is 0 Å². The maximum Gasteiger partial charge on any atom is 0.242 e. The standard InChI is InChI=1S/C15H18ClN3O/c1-11(2)9-18-6-7-19(10-14(18)20)15-12(8-17)4-3-5-13(15)16/h3-5,11H,6-7,9-10H2,1-2H3. The van der Waals surface area contributed by atoms with Crippen molar-refractivity contribution in [2.24, 2.45) is 5.92 Å². The van der Waals surface area contributed by atoms with Crippen LogP contribution in [0.15, 0.2) is 18.2 Å². The second-order valence-corrected chi connectivity index (χ2v) is 5.81. The lowest BCUT2D eigenvalue weighted by Gasteiger charge is -2.37. The Morgan fingerprint density at radius 2 is 2.15 bits per heavy atom. The first-order chi connectivity index (χ1) is 9.52. The monoisotopic (exact) mass is 291 g/mol. The topological polar surface area (TPSA) is 47.3 Å². The molecule has 4 nitrogen and oxygen atoms in total. The van der Waals surface area contributed by atoms with E-state index in [1.165, 1.54) is 0 Å². The molecule has 1 aromatic rings. The Hall–Kier alpha value is -1.73. The van der Waals surface area contributed by atoms with Crippen LogP contribution in [0.5, 0.6) is 0 Å². The normalized spacial score (nSPS) is 15.7. The van der Waals surface area contributed by atoms with Gasteiger partial charge in [0.05, 0.1) is 22.8 Å². The maximum absolute atomic E-state index is 12.2. The van der Waals surface area contributed by atoms with E-state index in [4.69, 9.17) is 11.6 Å². The second-order valence-electron chi connectivity index (χ2n) is 5.40. The molecule has 0 N–H and O–H groups in total. The first kappa shape index (κ1) is 14.7. The van der Waals surface area contributed by atoms with Gasteiger partial charge in [0, 0.05) is 19.6 Å². The minimum atomic E-state index is 0.0914. The van der Waals surface area contributed by atoms with Gasteiger partial charge < -0.3 is 9.80 Å². The SMILES string of the molecule is CC(C)CN1CCN(c2c(Cl)cccc2C#N)CC1=O. The summed E-state index contributed by atoms with van der Waals surface area (Å²) in [5, 5.41) is 9.70. The van der Waals surface area contributed by atoms with Gasteiger partial charge in [-0.15, -0.1) is 0 Å². The third kappa shape index (κ3) is 3.05. The molecule has 0 aromatic heterocycles. The number of carbonyl (C=O) groups is 1. The summed E-state index contributed by atoms with van der Waals surface area (Å²) in [5.41, 5.74) is 1.19. The summed E-state index contributed by atoms with van der Waals surface area (Å²) in [6.45, 7) is 6.64. The van der Waals surface area contributed by atoms with Gasteiger partial charge in [-0.25, -0.2) is 0 Å². The van der Waals surface area contributed by atoms with Crippen LogP contribution in [0.1, 0.15) is 19.4 Å². The molecule has 1 aliphatic rings. The fourth-order valence-electron chi connectivity index (χ4n) is 2.46. The number of hydrogen-bond donors (Lipinski definition) is 0. The van der Waals surface area contributed by atoms with Crippen LogP contribution in [0.2, 0.25) is 5.02 Å². The van der Waals surface area contributed by atoms with Gasteiger partial charge in [0.1, 0.15) is 6.07 Å². The van der Waals surface area contributed by atoms with Gasteiger partial charge in [-0.2, -0.15) is 5.26 Å². The minimum absolute atomic E-state index is 0.0914. The Labute approximate surface area is 124 Å². The molecule has 0 spiro atoms. The fourth-order valence-corrected chi connectivity index (χ4v) is 2.75. The van der Waals surface area contributed by atoms with Crippen LogP contribution in [0, 0.1) is 17.2 Å². The summed E-state index contributed by atoms with van der Waals surface area (Å²) >= 11 is 6.19. The molecule has 20 heavy (non-hydrogen) atoms. The van der Waals surface area contributed by atoms with Crippen LogP contribution in [0.3, 0.4) is 0 Å². The second kappa shape index (κ2) is 6.15. The van der Waals surface area contributed by atoms with E-state index in [1.807, 2.05) is 9.80 Å². The van der Waals surface area contributed by atoms with Crippen LogP contribution in [0.25, 0.3) is 0 Å². The molecule has 1 saturated heterocycles. The first-order valence-corrected chi connectivity index (χ1v) is 7.12. The lowest BCUT2D eigenvalue weighted by molar-refractivity contribution is -0.131. The van der Waals surface area contributed by atoms with Gasteiger partial charge >= 0.3 is 0 Å². The minimum Gasteiger partial charge on any atom is -0.358 e. The molecule has 1 heterocycles. The quantitative estimate of drug-likeness (QED) is 0.860. The number of nitriles is 1. The lowest BCUT2D eigenvalue weighted by atomic mass is 10.1. The number of benzene rings is 1. The molecule has 0 bridgehead atoms. The zero-order valence-electron chi connectivity index (χ0n) is 11.8. The average molecular weight is 292 g/mol. The van der Waals surface area contributed by atoms with E-state index in [9.17, 15) is 10.1 Å². The third-order valence-electron chi connectivity index (χ3n) is 3.33. The van der Waals surface area contributed by atoms with Gasteiger partial charge in [-0.3, -0.25) is 4.79 Å². The lowest BCUT2D eigenvalue weighted by Crippen LogP contribution is -2.51. The van der Waals surface area contributed by atoms with Crippen molar-refractivity contribution in [3.05, 3.63) is 28.8 Å². The van der Waals surface area contributed by atoms with Crippen LogP contribution in [-0.2, 0) is 4.79 Å². The highest BCUT2D eigenvalue weighted by atomic mass is 35.5. The summed E-state index contributed by atoms with van der Waals surface area (Å²) in [6.07, 6.45) is 0. The third-order valence-corrected chi connectivity index (χ3v) is 3.63. The molecule has 0 unspecified atom stereocenters. The maximum atomic E-state index is 12.2. The number of carbonyl (C=O) groups excluding carboxylic acids is 1. The largest absolute Gasteiger partial charge is 0.358 e. The predicted molar refractivity (Wildman–Crippen MR) is 79.8 cm³/mol. The molecule has 5 heteroatoms. The van der Waals surface area contributed by atoms with Gasteiger partial charge in [-0.1, -0.05) is 31.5 Å². The van der Waals surface area contributed by atoms with Crippen LogP contribution >= 0.6 is 11.6 Å². The van der Waals surface area contributed by atoms with Gasteiger partial charge in [-0.05, 0) is 18.1 Å². The molecule has 2 rings (SSSR count). The van der Waals surface area contributed by atoms with E-state index in [1.54, 1.807) is 18.2 Å². The highest BCUT2D eigenvalue weighted by Crippen LogP contribution is 2.30.